The van der Waals surface area contributed by atoms with E-state index in [9.17, 15) is 18.0 Å². The lowest BCUT2D eigenvalue weighted by molar-refractivity contribution is -0.0689. The van der Waals surface area contributed by atoms with Gasteiger partial charge in [0, 0.05) is 17.9 Å². The average Bonchev–Trinajstić information content (AvgIpc) is 2.88. The van der Waals surface area contributed by atoms with Crippen LogP contribution in [-0.4, -0.2) is 16.7 Å². The maximum absolute atomic E-state index is 13.5. The Morgan fingerprint density at radius 3 is 2.36 bits per heavy atom. The highest BCUT2D eigenvalue weighted by molar-refractivity contribution is 6.07. The number of benzene rings is 2. The fourth-order valence-corrected chi connectivity index (χ4v) is 3.08. The Balaban J connectivity index is 2.50. The van der Waals surface area contributed by atoms with Gasteiger partial charge in [-0.05, 0) is 18.6 Å². The first kappa shape index (κ1) is 17.0. The molecular weight excluding hydrogens is 327 g/mol. The van der Waals surface area contributed by atoms with E-state index in [-0.39, 0.29) is 5.69 Å². The van der Waals surface area contributed by atoms with Gasteiger partial charge in [-0.1, -0.05) is 54.6 Å². The highest BCUT2D eigenvalue weighted by Gasteiger charge is 2.38. The number of carbonyl (C=O) groups is 1. The molecule has 0 aliphatic heterocycles. The van der Waals surface area contributed by atoms with E-state index in [1.165, 1.54) is 6.92 Å². The van der Waals surface area contributed by atoms with Crippen LogP contribution in [0.2, 0.25) is 0 Å². The van der Waals surface area contributed by atoms with Crippen LogP contribution >= 0.6 is 0 Å². The van der Waals surface area contributed by atoms with Gasteiger partial charge < -0.3 is 0 Å². The van der Waals surface area contributed by atoms with Crippen molar-refractivity contribution in [1.82, 2.24) is 4.57 Å². The van der Waals surface area contributed by atoms with Crippen molar-refractivity contribution in [2.24, 2.45) is 0 Å². The smallest absolute Gasteiger partial charge is 0.279 e. The second-order valence-corrected chi connectivity index (χ2v) is 5.94. The van der Waals surface area contributed by atoms with Gasteiger partial charge in [-0.25, -0.2) is 0 Å². The quantitative estimate of drug-likeness (QED) is 0.572. The molecule has 1 heterocycles. The van der Waals surface area contributed by atoms with Crippen molar-refractivity contribution in [3.05, 3.63) is 66.4 Å². The predicted octanol–water partition coefficient (Wildman–Crippen LogP) is 5.85. The van der Waals surface area contributed by atoms with Gasteiger partial charge in [0.25, 0.3) is 0 Å². The number of para-hydroxylation sites is 1. The summed E-state index contributed by atoms with van der Waals surface area (Å²) in [7, 11) is 0. The monoisotopic (exact) mass is 343 g/mol. The van der Waals surface area contributed by atoms with Crippen molar-refractivity contribution in [3.63, 3.8) is 0 Å². The number of hydrogen-bond donors (Lipinski definition) is 0. The molecule has 2 nitrogen and oxygen atoms in total. The first-order chi connectivity index (χ1) is 11.7. The standard InChI is InChI=1S/C20H16F3NO/c1-12-7-6-8-15(11-12)18-16-9-4-5-10-17(16)24(14(3)25)19(18)13(2)20(21,22)23/h4-11H,2H2,1,3H3. The van der Waals surface area contributed by atoms with E-state index in [1.54, 1.807) is 42.5 Å². The van der Waals surface area contributed by atoms with Crippen LogP contribution in [-0.2, 0) is 0 Å². The van der Waals surface area contributed by atoms with E-state index in [0.717, 1.165) is 10.1 Å². The molecule has 0 amide bonds. The second kappa shape index (κ2) is 5.92. The molecule has 2 aromatic carbocycles. The average molecular weight is 343 g/mol. The van der Waals surface area contributed by atoms with Crippen LogP contribution in [0.5, 0.6) is 0 Å². The molecule has 128 valence electrons. The molecule has 0 spiro atoms. The third kappa shape index (κ3) is 2.86. The molecule has 0 aliphatic carbocycles. The normalized spacial score (nSPS) is 11.7. The lowest BCUT2D eigenvalue weighted by Gasteiger charge is -2.15. The van der Waals surface area contributed by atoms with E-state index in [2.05, 4.69) is 6.58 Å². The minimum Gasteiger partial charge on any atom is -0.279 e. The maximum atomic E-state index is 13.5. The fraction of sp³-hybridized carbons (Fsp3) is 0.150. The number of alkyl halides is 3. The van der Waals surface area contributed by atoms with Crippen molar-refractivity contribution in [3.8, 4) is 11.1 Å². The number of fused-ring (bicyclic) bond motifs is 1. The molecule has 0 bridgehead atoms. The number of rotatable bonds is 2. The van der Waals surface area contributed by atoms with Crippen LogP contribution in [0.1, 0.15) is 23.0 Å². The topological polar surface area (TPSA) is 22.0 Å². The zero-order valence-electron chi connectivity index (χ0n) is 13.8. The third-order valence-corrected chi connectivity index (χ3v) is 4.12. The van der Waals surface area contributed by atoms with Crippen LogP contribution in [0.15, 0.2) is 55.1 Å². The Hall–Kier alpha value is -2.82. The Kier molecular flexibility index (Phi) is 4.03. The van der Waals surface area contributed by atoms with Gasteiger partial charge in [-0.3, -0.25) is 9.36 Å². The number of hydrogen-bond acceptors (Lipinski definition) is 1. The lowest BCUT2D eigenvalue weighted by atomic mass is 9.97. The number of aryl methyl sites for hydroxylation is 1. The van der Waals surface area contributed by atoms with Crippen LogP contribution in [0.25, 0.3) is 27.6 Å². The highest BCUT2D eigenvalue weighted by atomic mass is 19.4. The van der Waals surface area contributed by atoms with Gasteiger partial charge in [-0.15, -0.1) is 0 Å². The molecule has 3 rings (SSSR count). The van der Waals surface area contributed by atoms with Gasteiger partial charge in [-0.2, -0.15) is 13.2 Å². The molecule has 1 aromatic heterocycles. The van der Waals surface area contributed by atoms with Crippen molar-refractivity contribution in [2.75, 3.05) is 0 Å². The molecule has 0 atom stereocenters. The summed E-state index contributed by atoms with van der Waals surface area (Å²) in [6.45, 7) is 6.36. The zero-order chi connectivity index (χ0) is 18.4. The zero-order valence-corrected chi connectivity index (χ0v) is 13.8. The predicted molar refractivity (Wildman–Crippen MR) is 93.5 cm³/mol. The summed E-state index contributed by atoms with van der Waals surface area (Å²) in [5, 5.41) is 0.587. The summed E-state index contributed by atoms with van der Waals surface area (Å²) >= 11 is 0. The van der Waals surface area contributed by atoms with Gasteiger partial charge >= 0.3 is 6.18 Å². The van der Waals surface area contributed by atoms with Crippen LogP contribution in [0.4, 0.5) is 13.2 Å². The van der Waals surface area contributed by atoms with E-state index in [1.807, 2.05) is 13.0 Å². The molecule has 0 aliphatic rings. The lowest BCUT2D eigenvalue weighted by Crippen LogP contribution is -2.17. The van der Waals surface area contributed by atoms with Crippen LogP contribution in [0.3, 0.4) is 0 Å². The molecule has 25 heavy (non-hydrogen) atoms. The summed E-state index contributed by atoms with van der Waals surface area (Å²) < 4.78 is 41.5. The van der Waals surface area contributed by atoms with E-state index in [4.69, 9.17) is 0 Å². The first-order valence-electron chi connectivity index (χ1n) is 7.69. The number of nitrogens with zero attached hydrogens (tertiary/aromatic N) is 1. The van der Waals surface area contributed by atoms with E-state index >= 15 is 0 Å². The Morgan fingerprint density at radius 2 is 1.76 bits per heavy atom. The van der Waals surface area contributed by atoms with Gasteiger partial charge in [0.2, 0.25) is 5.91 Å². The number of halogens is 3. The van der Waals surface area contributed by atoms with Gasteiger partial charge in [0.15, 0.2) is 0 Å². The molecule has 5 heteroatoms. The van der Waals surface area contributed by atoms with Crippen molar-refractivity contribution < 1.29 is 18.0 Å². The van der Waals surface area contributed by atoms with Crippen molar-refractivity contribution >= 4 is 22.4 Å². The first-order valence-corrected chi connectivity index (χ1v) is 7.69. The molecule has 0 radical (unpaired) electrons. The van der Waals surface area contributed by atoms with Crippen LogP contribution in [0, 0.1) is 6.92 Å². The molecule has 0 saturated carbocycles. The molecule has 0 saturated heterocycles. The Morgan fingerprint density at radius 1 is 1.08 bits per heavy atom. The van der Waals surface area contributed by atoms with E-state index < -0.39 is 17.7 Å². The van der Waals surface area contributed by atoms with Crippen LogP contribution < -0.4 is 0 Å². The van der Waals surface area contributed by atoms with Crippen molar-refractivity contribution in [1.29, 1.82) is 0 Å². The largest absolute Gasteiger partial charge is 0.417 e. The molecule has 0 N–H and O–H groups in total. The summed E-state index contributed by atoms with van der Waals surface area (Å²) in [5.41, 5.74) is 1.11. The fourth-order valence-electron chi connectivity index (χ4n) is 3.08. The molecular formula is C20H16F3NO. The highest BCUT2D eigenvalue weighted by Crippen LogP contribution is 2.43. The summed E-state index contributed by atoms with van der Waals surface area (Å²) in [6, 6.07) is 14.0. The minimum absolute atomic E-state index is 0.202. The number of aromatic nitrogens is 1. The molecule has 0 unspecified atom stereocenters. The molecule has 3 aromatic rings. The van der Waals surface area contributed by atoms with Gasteiger partial charge in [0.1, 0.15) is 0 Å². The SMILES string of the molecule is C=C(c1c(-c2cccc(C)c2)c2ccccc2n1C(C)=O)C(F)(F)F. The third-order valence-electron chi connectivity index (χ3n) is 4.12. The minimum atomic E-state index is -4.64. The summed E-state index contributed by atoms with van der Waals surface area (Å²) in [6.07, 6.45) is -4.64. The second-order valence-electron chi connectivity index (χ2n) is 5.94. The Bertz CT molecular complexity index is 996. The number of allylic oxidation sites excluding steroid dienone is 1. The maximum Gasteiger partial charge on any atom is 0.417 e. The van der Waals surface area contributed by atoms with E-state index in [0.29, 0.717) is 22.0 Å². The Labute approximate surface area is 143 Å². The summed E-state index contributed by atoms with van der Waals surface area (Å²) in [4.78, 5) is 12.2. The molecule has 0 fully saturated rings. The summed E-state index contributed by atoms with van der Waals surface area (Å²) in [5.74, 6) is -0.490. The number of carbonyl (C=O) groups excluding carboxylic acids is 1. The van der Waals surface area contributed by atoms with Crippen molar-refractivity contribution in [2.45, 2.75) is 20.0 Å². The van der Waals surface area contributed by atoms with Gasteiger partial charge in [0.05, 0.1) is 16.8 Å².